The van der Waals surface area contributed by atoms with E-state index in [1.165, 1.54) is 0 Å². The van der Waals surface area contributed by atoms with Gasteiger partial charge in [0.25, 0.3) is 0 Å². The molecule has 1 rings (SSSR count). The molecule has 1 fully saturated rings. The first-order chi connectivity index (χ1) is 5.36. The van der Waals surface area contributed by atoms with Crippen LogP contribution >= 0.6 is 0 Å². The number of rotatable bonds is 3. The second kappa shape index (κ2) is 4.66. The molecule has 1 saturated heterocycles. The Hall–Kier alpha value is -0.160. The summed E-state index contributed by atoms with van der Waals surface area (Å²) < 4.78 is 0. The zero-order chi connectivity index (χ0) is 8.10. The molecule has 0 radical (unpaired) electrons. The van der Waals surface area contributed by atoms with Gasteiger partial charge in [-0.2, -0.15) is 5.06 Å². The van der Waals surface area contributed by atoms with Gasteiger partial charge >= 0.3 is 0 Å². The average Bonchev–Trinajstić information content (AvgIpc) is 2.07. The molecule has 4 nitrogen and oxygen atoms in total. The third kappa shape index (κ3) is 2.75. The molecule has 0 spiro atoms. The van der Waals surface area contributed by atoms with E-state index < -0.39 is 0 Å². The summed E-state index contributed by atoms with van der Waals surface area (Å²) in [6.07, 6.45) is 0. The molecule has 0 aliphatic carbocycles. The Morgan fingerprint density at radius 2 is 1.91 bits per heavy atom. The monoisotopic (exact) mass is 159 g/mol. The maximum absolute atomic E-state index is 5.44. The summed E-state index contributed by atoms with van der Waals surface area (Å²) in [6, 6.07) is 0. The van der Waals surface area contributed by atoms with E-state index in [9.17, 15) is 0 Å². The quantitative estimate of drug-likeness (QED) is 0.581. The van der Waals surface area contributed by atoms with Crippen molar-refractivity contribution in [2.75, 3.05) is 46.4 Å². The van der Waals surface area contributed by atoms with Crippen molar-refractivity contribution in [3.05, 3.63) is 0 Å². The lowest BCUT2D eigenvalue weighted by Gasteiger charge is -2.32. The first-order valence-corrected chi connectivity index (χ1v) is 4.08. The van der Waals surface area contributed by atoms with E-state index in [0.717, 1.165) is 39.3 Å². The second-order valence-electron chi connectivity index (χ2n) is 2.74. The molecule has 11 heavy (non-hydrogen) atoms. The van der Waals surface area contributed by atoms with Gasteiger partial charge in [-0.05, 0) is 0 Å². The summed E-state index contributed by atoms with van der Waals surface area (Å²) in [5, 5.41) is 1.98. The predicted octanol–water partition coefficient (Wildman–Crippen LogP) is -0.876. The summed E-state index contributed by atoms with van der Waals surface area (Å²) in [4.78, 5) is 7.45. The standard InChI is InChI=1S/C7H17N3O/c1-11-10-6-4-9(3-2-8)5-7-10/h2-8H2,1H3. The predicted molar refractivity (Wildman–Crippen MR) is 44.1 cm³/mol. The van der Waals surface area contributed by atoms with E-state index in [0.29, 0.717) is 0 Å². The van der Waals surface area contributed by atoms with Crippen LogP contribution in [-0.4, -0.2) is 56.3 Å². The highest BCUT2D eigenvalue weighted by atomic mass is 16.7. The van der Waals surface area contributed by atoms with Gasteiger partial charge in [-0.1, -0.05) is 0 Å². The fraction of sp³-hybridized carbons (Fsp3) is 1.00. The molecule has 4 heteroatoms. The van der Waals surface area contributed by atoms with Crippen molar-refractivity contribution >= 4 is 0 Å². The summed E-state index contributed by atoms with van der Waals surface area (Å²) in [6.45, 7) is 5.91. The fourth-order valence-electron chi connectivity index (χ4n) is 1.32. The van der Waals surface area contributed by atoms with Crippen LogP contribution in [-0.2, 0) is 4.84 Å². The molecule has 0 unspecified atom stereocenters. The first-order valence-electron chi connectivity index (χ1n) is 4.08. The largest absolute Gasteiger partial charge is 0.329 e. The molecule has 0 amide bonds. The number of nitrogens with two attached hydrogens (primary N) is 1. The molecule has 1 aliphatic heterocycles. The van der Waals surface area contributed by atoms with Gasteiger partial charge in [-0.25, -0.2) is 0 Å². The summed E-state index contributed by atoms with van der Waals surface area (Å²) in [5.74, 6) is 0. The van der Waals surface area contributed by atoms with Crippen molar-refractivity contribution in [3.8, 4) is 0 Å². The van der Waals surface area contributed by atoms with Gasteiger partial charge in [-0.3, -0.25) is 4.90 Å². The van der Waals surface area contributed by atoms with Crippen LogP contribution in [0.5, 0.6) is 0 Å². The van der Waals surface area contributed by atoms with E-state index in [4.69, 9.17) is 10.6 Å². The van der Waals surface area contributed by atoms with Crippen LogP contribution in [0.1, 0.15) is 0 Å². The van der Waals surface area contributed by atoms with Gasteiger partial charge in [0.15, 0.2) is 0 Å². The molecule has 2 N–H and O–H groups in total. The van der Waals surface area contributed by atoms with Crippen LogP contribution in [0, 0.1) is 0 Å². The topological polar surface area (TPSA) is 41.7 Å². The smallest absolute Gasteiger partial charge is 0.0575 e. The minimum absolute atomic E-state index is 0.757. The van der Waals surface area contributed by atoms with Crippen molar-refractivity contribution in [1.82, 2.24) is 9.96 Å². The summed E-state index contributed by atoms with van der Waals surface area (Å²) in [7, 11) is 1.72. The van der Waals surface area contributed by atoms with Gasteiger partial charge in [0.1, 0.15) is 0 Å². The van der Waals surface area contributed by atoms with E-state index in [-0.39, 0.29) is 0 Å². The third-order valence-electron chi connectivity index (χ3n) is 2.03. The number of piperazine rings is 1. The molecule has 0 aromatic heterocycles. The Morgan fingerprint density at radius 1 is 1.27 bits per heavy atom. The third-order valence-corrected chi connectivity index (χ3v) is 2.03. The van der Waals surface area contributed by atoms with E-state index in [1.807, 2.05) is 5.06 Å². The molecule has 66 valence electrons. The lowest BCUT2D eigenvalue weighted by Crippen LogP contribution is -2.47. The van der Waals surface area contributed by atoms with Crippen molar-refractivity contribution in [1.29, 1.82) is 0 Å². The Kier molecular flexibility index (Phi) is 3.79. The maximum atomic E-state index is 5.44. The lowest BCUT2D eigenvalue weighted by atomic mass is 10.3. The van der Waals surface area contributed by atoms with Crippen molar-refractivity contribution in [2.45, 2.75) is 0 Å². The normalized spacial score (nSPS) is 22.4. The Bertz CT molecular complexity index is 102. The van der Waals surface area contributed by atoms with Gasteiger partial charge in [0.2, 0.25) is 0 Å². The van der Waals surface area contributed by atoms with Crippen molar-refractivity contribution < 1.29 is 4.84 Å². The minimum atomic E-state index is 0.757. The van der Waals surface area contributed by atoms with Gasteiger partial charge < -0.3 is 10.6 Å². The number of hydrogen-bond donors (Lipinski definition) is 1. The van der Waals surface area contributed by atoms with Crippen molar-refractivity contribution in [3.63, 3.8) is 0 Å². The molecule has 0 aromatic rings. The Labute approximate surface area is 67.9 Å². The highest BCUT2D eigenvalue weighted by Crippen LogP contribution is 1.99. The zero-order valence-electron chi connectivity index (χ0n) is 7.12. The van der Waals surface area contributed by atoms with E-state index >= 15 is 0 Å². The molecule has 0 atom stereocenters. The Balaban J connectivity index is 2.14. The highest BCUT2D eigenvalue weighted by molar-refractivity contribution is 4.66. The van der Waals surface area contributed by atoms with Crippen LogP contribution < -0.4 is 5.73 Å². The molecule has 0 saturated carbocycles. The minimum Gasteiger partial charge on any atom is -0.329 e. The molecular formula is C7H17N3O. The summed E-state index contributed by atoms with van der Waals surface area (Å²) >= 11 is 0. The molecule has 1 heterocycles. The van der Waals surface area contributed by atoms with E-state index in [1.54, 1.807) is 7.11 Å². The van der Waals surface area contributed by atoms with Crippen molar-refractivity contribution in [2.24, 2.45) is 5.73 Å². The van der Waals surface area contributed by atoms with Crippen LogP contribution in [0.4, 0.5) is 0 Å². The highest BCUT2D eigenvalue weighted by Gasteiger charge is 2.14. The first kappa shape index (κ1) is 8.93. The SMILES string of the molecule is CON1CCN(CCN)CC1. The zero-order valence-corrected chi connectivity index (χ0v) is 7.12. The fourth-order valence-corrected chi connectivity index (χ4v) is 1.32. The van der Waals surface area contributed by atoms with Crippen LogP contribution in [0.3, 0.4) is 0 Å². The van der Waals surface area contributed by atoms with Crippen LogP contribution in [0.2, 0.25) is 0 Å². The van der Waals surface area contributed by atoms with Crippen LogP contribution in [0.25, 0.3) is 0 Å². The number of hydrogen-bond acceptors (Lipinski definition) is 4. The van der Waals surface area contributed by atoms with Gasteiger partial charge in [-0.15, -0.1) is 0 Å². The molecular weight excluding hydrogens is 142 g/mol. The number of nitrogens with zero attached hydrogens (tertiary/aromatic N) is 2. The molecule has 0 bridgehead atoms. The van der Waals surface area contributed by atoms with E-state index in [2.05, 4.69) is 4.90 Å². The summed E-state index contributed by atoms with van der Waals surface area (Å²) in [5.41, 5.74) is 5.44. The lowest BCUT2D eigenvalue weighted by molar-refractivity contribution is -0.151. The van der Waals surface area contributed by atoms with Gasteiger partial charge in [0, 0.05) is 39.3 Å². The number of hydroxylamine groups is 2. The average molecular weight is 159 g/mol. The Morgan fingerprint density at radius 3 is 2.36 bits per heavy atom. The maximum Gasteiger partial charge on any atom is 0.0575 e. The van der Waals surface area contributed by atoms with Gasteiger partial charge in [0.05, 0.1) is 7.11 Å². The molecule has 0 aromatic carbocycles. The molecule has 1 aliphatic rings. The second-order valence-corrected chi connectivity index (χ2v) is 2.74. The van der Waals surface area contributed by atoms with Crippen LogP contribution in [0.15, 0.2) is 0 Å².